The van der Waals surface area contributed by atoms with E-state index in [9.17, 15) is 19.2 Å². The Labute approximate surface area is 234 Å². The number of ether oxygens (including phenoxy) is 1. The first kappa shape index (κ1) is 29.1. The third-order valence-electron chi connectivity index (χ3n) is 7.65. The number of nitrogens with one attached hydrogen (secondary N) is 2. The molecule has 10 heteroatoms. The molecule has 40 heavy (non-hydrogen) atoms. The van der Waals surface area contributed by atoms with E-state index in [4.69, 9.17) is 16.2 Å². The van der Waals surface area contributed by atoms with Gasteiger partial charge in [0.1, 0.15) is 6.04 Å². The molecule has 0 fully saturated rings. The smallest absolute Gasteiger partial charge is 0.312 e. The average Bonchev–Trinajstić information content (AvgIpc) is 3.24. The maximum atomic E-state index is 13.6. The molecule has 10 nitrogen and oxygen atoms in total. The lowest BCUT2D eigenvalue weighted by atomic mass is 10.0. The van der Waals surface area contributed by atoms with Crippen LogP contribution in [0.15, 0.2) is 42.5 Å². The van der Waals surface area contributed by atoms with Crippen molar-refractivity contribution < 1.29 is 23.9 Å². The largest absolute Gasteiger partial charge is 0.372 e. The second-order valence-electron chi connectivity index (χ2n) is 10.6. The fourth-order valence-electron chi connectivity index (χ4n) is 5.49. The zero-order valence-electron chi connectivity index (χ0n) is 23.0. The van der Waals surface area contributed by atoms with Crippen LogP contribution < -0.4 is 27.0 Å². The first-order valence-corrected chi connectivity index (χ1v) is 14.0. The highest BCUT2D eigenvalue weighted by molar-refractivity contribution is 6.04. The minimum Gasteiger partial charge on any atom is -0.372 e. The highest BCUT2D eigenvalue weighted by Crippen LogP contribution is 2.39. The highest BCUT2D eigenvalue weighted by atomic mass is 16.5. The molecule has 5 amide bonds. The van der Waals surface area contributed by atoms with E-state index in [1.165, 1.54) is 0 Å². The number of aryl methyl sites for hydroxylation is 2. The Balaban J connectivity index is 1.37. The van der Waals surface area contributed by atoms with E-state index in [1.807, 2.05) is 49.4 Å². The van der Waals surface area contributed by atoms with E-state index in [0.29, 0.717) is 32.4 Å². The van der Waals surface area contributed by atoms with Crippen molar-refractivity contribution >= 4 is 29.4 Å². The van der Waals surface area contributed by atoms with Gasteiger partial charge < -0.3 is 26.8 Å². The number of nitrogens with zero attached hydrogens (tertiary/aromatic N) is 1. The second kappa shape index (κ2) is 13.4. The van der Waals surface area contributed by atoms with Crippen LogP contribution in [0.1, 0.15) is 61.3 Å². The molecule has 0 unspecified atom stereocenters. The third kappa shape index (κ3) is 7.38. The van der Waals surface area contributed by atoms with Gasteiger partial charge in [0.25, 0.3) is 0 Å². The number of primary amides is 2. The Bertz CT molecular complexity index is 1230. The molecule has 0 bridgehead atoms. The molecule has 2 aliphatic rings. The van der Waals surface area contributed by atoms with Gasteiger partial charge in [0.2, 0.25) is 17.7 Å². The van der Waals surface area contributed by atoms with Gasteiger partial charge in [-0.05, 0) is 61.3 Å². The molecule has 4 rings (SSSR count). The number of nitrogens with two attached hydrogens (primary N) is 2. The maximum Gasteiger partial charge on any atom is 0.312 e. The molecule has 2 aromatic carbocycles. The summed E-state index contributed by atoms with van der Waals surface area (Å²) in [6, 6.07) is 12.4. The highest BCUT2D eigenvalue weighted by Gasteiger charge is 2.41. The second-order valence-corrected chi connectivity index (χ2v) is 10.6. The predicted octanol–water partition coefficient (Wildman–Crippen LogP) is 2.24. The van der Waals surface area contributed by atoms with Crippen LogP contribution in [-0.4, -0.2) is 48.5 Å². The topological polar surface area (TPSA) is 157 Å². The minimum atomic E-state index is -0.629. The van der Waals surface area contributed by atoms with Crippen LogP contribution in [0.25, 0.3) is 0 Å². The molecule has 2 aliphatic heterocycles. The number of amides is 5. The van der Waals surface area contributed by atoms with Crippen molar-refractivity contribution in [2.45, 2.75) is 83.1 Å². The summed E-state index contributed by atoms with van der Waals surface area (Å²) >= 11 is 0. The zero-order valence-corrected chi connectivity index (χ0v) is 23.0. The van der Waals surface area contributed by atoms with Gasteiger partial charge in [-0.2, -0.15) is 0 Å². The van der Waals surface area contributed by atoms with Gasteiger partial charge in [-0.1, -0.05) is 42.5 Å². The molecule has 2 aromatic rings. The number of carbonyl (C=O) groups excluding carboxylic acids is 4. The number of hydrogen-bond donors (Lipinski definition) is 4. The lowest BCUT2D eigenvalue weighted by molar-refractivity contribution is -0.128. The molecule has 3 atom stereocenters. The third-order valence-corrected chi connectivity index (χ3v) is 7.65. The summed E-state index contributed by atoms with van der Waals surface area (Å²) < 4.78 is 6.13. The summed E-state index contributed by atoms with van der Waals surface area (Å²) in [5.41, 5.74) is 15.6. The summed E-state index contributed by atoms with van der Waals surface area (Å²) in [5, 5.41) is 5.66. The molecule has 0 saturated heterocycles. The van der Waals surface area contributed by atoms with Gasteiger partial charge in [0.15, 0.2) is 0 Å². The first-order valence-electron chi connectivity index (χ1n) is 14.0. The fourth-order valence-corrected chi connectivity index (χ4v) is 5.49. The maximum absolute atomic E-state index is 13.6. The van der Waals surface area contributed by atoms with Gasteiger partial charge in [0, 0.05) is 25.8 Å². The van der Waals surface area contributed by atoms with Crippen LogP contribution in [-0.2, 0) is 45.0 Å². The average molecular weight is 550 g/mol. The number of hydrogen-bond acceptors (Lipinski definition) is 5. The van der Waals surface area contributed by atoms with Crippen molar-refractivity contribution in [1.29, 1.82) is 0 Å². The summed E-state index contributed by atoms with van der Waals surface area (Å²) in [7, 11) is 0. The molecule has 0 spiro atoms. The molecular weight excluding hydrogens is 510 g/mol. The van der Waals surface area contributed by atoms with Crippen LogP contribution >= 0.6 is 0 Å². The van der Waals surface area contributed by atoms with Crippen molar-refractivity contribution in [3.8, 4) is 0 Å². The van der Waals surface area contributed by atoms with E-state index in [-0.39, 0.29) is 18.2 Å². The van der Waals surface area contributed by atoms with Gasteiger partial charge >= 0.3 is 6.03 Å². The van der Waals surface area contributed by atoms with Crippen molar-refractivity contribution in [2.75, 3.05) is 11.4 Å². The Hall–Kier alpha value is -3.92. The monoisotopic (exact) mass is 549 g/mol. The van der Waals surface area contributed by atoms with Crippen molar-refractivity contribution in [3.63, 3.8) is 0 Å². The summed E-state index contributed by atoms with van der Waals surface area (Å²) in [4.78, 5) is 50.6. The fraction of sp³-hybridized carbons (Fsp3) is 0.467. The number of carbonyl (C=O) groups is 4. The molecule has 2 heterocycles. The standard InChI is InChI=1S/C30H39N5O5/c1-19(40-18-21-12-10-20(11-13-21)5-4-16-33-30(32)39)24(14-15-26(31)36)34-29(38)25-17-23-8-2-6-22-7-3-9-27(37)35(25)28(22)23/h2,6,8,10-13,19,24-25H,3-5,7,9,14-18H2,1H3,(H2,31,36)(H,34,38)(H3,32,33,39)/t19-,24+,25+/m1/s1. The number of benzene rings is 2. The Morgan fingerprint density at radius 3 is 2.50 bits per heavy atom. The number of urea groups is 1. The minimum absolute atomic E-state index is 0.0330. The molecule has 0 aliphatic carbocycles. The predicted molar refractivity (Wildman–Crippen MR) is 151 cm³/mol. The molecule has 214 valence electrons. The van der Waals surface area contributed by atoms with Crippen LogP contribution in [0.2, 0.25) is 0 Å². The van der Waals surface area contributed by atoms with Crippen LogP contribution in [0.3, 0.4) is 0 Å². The Kier molecular flexibility index (Phi) is 9.76. The lowest BCUT2D eigenvalue weighted by Crippen LogP contribution is -2.53. The van der Waals surface area contributed by atoms with Crippen LogP contribution in [0, 0.1) is 0 Å². The SMILES string of the molecule is C[C@@H](OCc1ccc(CCCNC(N)=O)cc1)[C@H](CCC(N)=O)NC(=O)[C@@H]1Cc2cccc3c2N1C(=O)CCC3. The van der Waals surface area contributed by atoms with Gasteiger partial charge in [-0.3, -0.25) is 19.3 Å². The van der Waals surface area contributed by atoms with Gasteiger partial charge in [-0.25, -0.2) is 4.79 Å². The van der Waals surface area contributed by atoms with Crippen molar-refractivity contribution in [2.24, 2.45) is 11.5 Å². The van der Waals surface area contributed by atoms with Gasteiger partial charge in [0.05, 0.1) is 24.4 Å². The van der Waals surface area contributed by atoms with Crippen molar-refractivity contribution in [3.05, 3.63) is 64.7 Å². The molecule has 6 N–H and O–H groups in total. The Morgan fingerprint density at radius 1 is 1.05 bits per heavy atom. The summed E-state index contributed by atoms with van der Waals surface area (Å²) in [6.45, 7) is 2.72. The summed E-state index contributed by atoms with van der Waals surface area (Å²) in [5.74, 6) is -0.736. The first-order chi connectivity index (χ1) is 19.2. The molecule has 0 saturated carbocycles. The molecule has 0 radical (unpaired) electrons. The Morgan fingerprint density at radius 2 is 1.77 bits per heavy atom. The zero-order chi connectivity index (χ0) is 28.6. The molecular formula is C30H39N5O5. The van der Waals surface area contributed by atoms with E-state index in [0.717, 1.165) is 53.6 Å². The molecule has 0 aromatic heterocycles. The van der Waals surface area contributed by atoms with E-state index >= 15 is 0 Å². The van der Waals surface area contributed by atoms with E-state index in [1.54, 1.807) is 4.90 Å². The van der Waals surface area contributed by atoms with Crippen LogP contribution in [0.5, 0.6) is 0 Å². The normalized spacial score (nSPS) is 17.5. The number of para-hydroxylation sites is 1. The van der Waals surface area contributed by atoms with E-state index < -0.39 is 30.1 Å². The number of anilines is 1. The summed E-state index contributed by atoms with van der Waals surface area (Å²) in [6.07, 6.45) is 4.09. The number of rotatable bonds is 13. The quantitative estimate of drug-likeness (QED) is 0.282. The van der Waals surface area contributed by atoms with Gasteiger partial charge in [-0.15, -0.1) is 0 Å². The van der Waals surface area contributed by atoms with E-state index in [2.05, 4.69) is 10.6 Å². The lowest BCUT2D eigenvalue weighted by Gasteiger charge is -2.29. The van der Waals surface area contributed by atoms with Crippen molar-refractivity contribution in [1.82, 2.24) is 10.6 Å². The van der Waals surface area contributed by atoms with Crippen LogP contribution in [0.4, 0.5) is 10.5 Å².